The Balaban J connectivity index is 4.32. The summed E-state index contributed by atoms with van der Waals surface area (Å²) in [4.78, 5) is 38.3. The molecule has 0 aliphatic heterocycles. The highest BCUT2D eigenvalue weighted by Crippen LogP contribution is 2.17. The van der Waals surface area contributed by atoms with Crippen LogP contribution in [0.15, 0.2) is 24.3 Å². The van der Waals surface area contributed by atoms with E-state index < -0.39 is 6.10 Å². The van der Waals surface area contributed by atoms with Crippen LogP contribution in [0.4, 0.5) is 0 Å². The number of hydrogen-bond acceptors (Lipinski definition) is 6. The Hall–Kier alpha value is -2.11. The van der Waals surface area contributed by atoms with E-state index in [4.69, 9.17) is 14.2 Å². The third-order valence-corrected chi connectivity index (χ3v) is 14.2. The minimum Gasteiger partial charge on any atom is -0.462 e. The maximum Gasteiger partial charge on any atom is 0.306 e. The van der Waals surface area contributed by atoms with Gasteiger partial charge < -0.3 is 14.2 Å². The van der Waals surface area contributed by atoms with E-state index in [2.05, 4.69) is 45.1 Å². The van der Waals surface area contributed by atoms with Crippen LogP contribution in [0.25, 0.3) is 0 Å². The van der Waals surface area contributed by atoms with Gasteiger partial charge in [-0.1, -0.05) is 283 Å². The van der Waals surface area contributed by atoms with Gasteiger partial charge in [0.15, 0.2) is 6.10 Å². The zero-order valence-electron chi connectivity index (χ0n) is 47.3. The van der Waals surface area contributed by atoms with Gasteiger partial charge in [-0.05, 0) is 70.6 Å². The zero-order valence-corrected chi connectivity index (χ0v) is 47.3. The summed E-state index contributed by atoms with van der Waals surface area (Å²) in [6.07, 6.45) is 70.3. The van der Waals surface area contributed by atoms with Gasteiger partial charge in [0.1, 0.15) is 13.2 Å². The first-order chi connectivity index (χ1) is 34.5. The van der Waals surface area contributed by atoms with Gasteiger partial charge in [0, 0.05) is 19.3 Å². The molecular weight excluding hydrogens is 865 g/mol. The molecule has 70 heavy (non-hydrogen) atoms. The molecular formula is C64H120O6. The van der Waals surface area contributed by atoms with Crippen molar-refractivity contribution in [2.45, 2.75) is 354 Å². The lowest BCUT2D eigenvalue weighted by Gasteiger charge is -2.18. The molecule has 0 saturated heterocycles. The fourth-order valence-corrected chi connectivity index (χ4v) is 9.44. The van der Waals surface area contributed by atoms with Gasteiger partial charge in [0.25, 0.3) is 0 Å². The molecule has 6 nitrogen and oxygen atoms in total. The summed E-state index contributed by atoms with van der Waals surface area (Å²) in [6.45, 7) is 6.69. The largest absolute Gasteiger partial charge is 0.462 e. The second kappa shape index (κ2) is 59.5. The van der Waals surface area contributed by atoms with Crippen molar-refractivity contribution in [3.8, 4) is 0 Å². The van der Waals surface area contributed by atoms with E-state index in [9.17, 15) is 14.4 Å². The molecule has 0 fully saturated rings. The minimum absolute atomic E-state index is 0.0701. The number of unbranched alkanes of at least 4 members (excludes halogenated alkanes) is 43. The van der Waals surface area contributed by atoms with Gasteiger partial charge in [0.05, 0.1) is 0 Å². The molecule has 0 saturated carbocycles. The Labute approximate surface area is 436 Å². The van der Waals surface area contributed by atoms with Crippen molar-refractivity contribution in [2.24, 2.45) is 0 Å². The Morgan fingerprint density at radius 1 is 0.271 bits per heavy atom. The van der Waals surface area contributed by atoms with Crippen molar-refractivity contribution in [1.29, 1.82) is 0 Å². The topological polar surface area (TPSA) is 78.9 Å². The lowest BCUT2D eigenvalue weighted by Crippen LogP contribution is -2.30. The number of rotatable bonds is 58. The van der Waals surface area contributed by atoms with E-state index in [1.54, 1.807) is 0 Å². The zero-order chi connectivity index (χ0) is 50.7. The molecule has 0 radical (unpaired) electrons. The van der Waals surface area contributed by atoms with E-state index in [0.29, 0.717) is 19.3 Å². The molecule has 0 aromatic heterocycles. The highest BCUT2D eigenvalue weighted by Gasteiger charge is 2.19. The minimum atomic E-state index is -0.772. The maximum atomic E-state index is 12.9. The van der Waals surface area contributed by atoms with Crippen LogP contribution >= 0.6 is 0 Å². The van der Waals surface area contributed by atoms with Crippen LogP contribution in [0.3, 0.4) is 0 Å². The number of esters is 3. The van der Waals surface area contributed by atoms with Gasteiger partial charge in [0.2, 0.25) is 0 Å². The third kappa shape index (κ3) is 56.8. The van der Waals surface area contributed by atoms with Crippen molar-refractivity contribution in [1.82, 2.24) is 0 Å². The van der Waals surface area contributed by atoms with Crippen molar-refractivity contribution >= 4 is 17.9 Å². The quantitative estimate of drug-likeness (QED) is 0.0261. The summed E-state index contributed by atoms with van der Waals surface area (Å²) in [5.74, 6) is -0.855. The predicted molar refractivity (Wildman–Crippen MR) is 303 cm³/mol. The van der Waals surface area contributed by atoms with E-state index in [1.807, 2.05) is 0 Å². The fourth-order valence-electron chi connectivity index (χ4n) is 9.44. The van der Waals surface area contributed by atoms with Crippen LogP contribution in [-0.2, 0) is 28.6 Å². The first-order valence-corrected chi connectivity index (χ1v) is 31.3. The maximum absolute atomic E-state index is 12.9. The molecule has 412 valence electrons. The second-order valence-electron chi connectivity index (χ2n) is 21.3. The van der Waals surface area contributed by atoms with Crippen molar-refractivity contribution in [3.63, 3.8) is 0 Å². The Morgan fingerprint density at radius 2 is 0.471 bits per heavy atom. The standard InChI is InChI=1S/C64H120O6/c1-4-7-10-13-16-19-22-25-28-30-32-34-36-39-42-45-48-51-54-57-63(66)69-60-61(59-68-62(65)56-53-50-47-44-41-38-35-27-24-21-18-15-12-9-6-3)70-64(67)58-55-52-49-46-43-40-37-33-31-29-26-23-20-17-14-11-8-5-2/h25,27-28,35,61H,4-24,26,29-34,36-60H2,1-3H3/b28-25-,35-27-/t61-/m1/s1. The molecule has 0 N–H and O–H groups in total. The average molecular weight is 986 g/mol. The summed E-state index contributed by atoms with van der Waals surface area (Å²) >= 11 is 0. The van der Waals surface area contributed by atoms with E-state index in [0.717, 1.165) is 64.2 Å². The smallest absolute Gasteiger partial charge is 0.306 e. The molecule has 6 heteroatoms. The van der Waals surface area contributed by atoms with Crippen molar-refractivity contribution in [2.75, 3.05) is 13.2 Å². The van der Waals surface area contributed by atoms with E-state index in [1.165, 1.54) is 244 Å². The third-order valence-electron chi connectivity index (χ3n) is 14.2. The van der Waals surface area contributed by atoms with E-state index in [-0.39, 0.29) is 31.1 Å². The van der Waals surface area contributed by atoms with Crippen LogP contribution < -0.4 is 0 Å². The lowest BCUT2D eigenvalue weighted by molar-refractivity contribution is -0.167. The number of hydrogen-bond donors (Lipinski definition) is 0. The highest BCUT2D eigenvalue weighted by molar-refractivity contribution is 5.71. The van der Waals surface area contributed by atoms with Gasteiger partial charge in [-0.3, -0.25) is 14.4 Å². The molecule has 1 atom stereocenters. The van der Waals surface area contributed by atoms with Gasteiger partial charge in [-0.15, -0.1) is 0 Å². The molecule has 0 aromatic carbocycles. The molecule has 0 aromatic rings. The fraction of sp³-hybridized carbons (Fsp3) is 0.891. The van der Waals surface area contributed by atoms with Crippen molar-refractivity contribution < 1.29 is 28.6 Å². The van der Waals surface area contributed by atoms with E-state index >= 15 is 0 Å². The van der Waals surface area contributed by atoms with Crippen LogP contribution in [0.5, 0.6) is 0 Å². The summed E-state index contributed by atoms with van der Waals surface area (Å²) in [5.41, 5.74) is 0. The lowest BCUT2D eigenvalue weighted by atomic mass is 10.0. The van der Waals surface area contributed by atoms with Crippen LogP contribution in [0, 0.1) is 0 Å². The highest BCUT2D eigenvalue weighted by atomic mass is 16.6. The molecule has 0 heterocycles. The van der Waals surface area contributed by atoms with Crippen molar-refractivity contribution in [3.05, 3.63) is 24.3 Å². The number of carbonyl (C=O) groups is 3. The van der Waals surface area contributed by atoms with Gasteiger partial charge >= 0.3 is 17.9 Å². The van der Waals surface area contributed by atoms with Gasteiger partial charge in [-0.25, -0.2) is 0 Å². The SMILES string of the molecule is CCCCCCCC/C=C\CCCCCCCCCCCC(=O)OC[C@@H](COC(=O)CCCCCCC/C=C\CCCCCCCC)OC(=O)CCCCCCCCCCCCCCCCCCCC. The molecule has 0 unspecified atom stereocenters. The Bertz CT molecular complexity index is 1130. The summed E-state index contributed by atoms with van der Waals surface area (Å²) in [5, 5.41) is 0. The molecule has 0 rings (SSSR count). The monoisotopic (exact) mass is 985 g/mol. The molecule has 0 aliphatic rings. The Kier molecular flexibility index (Phi) is 57.7. The number of carbonyl (C=O) groups excluding carboxylic acids is 3. The average Bonchev–Trinajstić information content (AvgIpc) is 3.36. The number of ether oxygens (including phenoxy) is 3. The number of allylic oxidation sites excluding steroid dienone is 4. The summed E-state index contributed by atoms with van der Waals surface area (Å²) < 4.78 is 16.9. The summed E-state index contributed by atoms with van der Waals surface area (Å²) in [6, 6.07) is 0. The second-order valence-corrected chi connectivity index (χ2v) is 21.3. The molecule has 0 spiro atoms. The molecule has 0 bridgehead atoms. The molecule has 0 aliphatic carbocycles. The Morgan fingerprint density at radius 3 is 0.714 bits per heavy atom. The van der Waals surface area contributed by atoms with Crippen LogP contribution in [0.1, 0.15) is 348 Å². The van der Waals surface area contributed by atoms with Gasteiger partial charge in [-0.2, -0.15) is 0 Å². The molecule has 0 amide bonds. The van der Waals surface area contributed by atoms with Crippen LogP contribution in [-0.4, -0.2) is 37.2 Å². The predicted octanol–water partition coefficient (Wildman–Crippen LogP) is 21.1. The summed E-state index contributed by atoms with van der Waals surface area (Å²) in [7, 11) is 0. The normalized spacial score (nSPS) is 12.1. The first kappa shape index (κ1) is 67.9. The first-order valence-electron chi connectivity index (χ1n) is 31.3. The van der Waals surface area contributed by atoms with Crippen LogP contribution in [0.2, 0.25) is 0 Å².